The van der Waals surface area contributed by atoms with Gasteiger partial charge >= 0.3 is 0 Å². The van der Waals surface area contributed by atoms with Gasteiger partial charge < -0.3 is 11.1 Å². The number of rotatable bonds is 2. The molecule has 1 aromatic carbocycles. The van der Waals surface area contributed by atoms with Crippen LogP contribution in [0, 0.1) is 0 Å². The minimum atomic E-state index is 0.579. The third kappa shape index (κ3) is 2.13. The zero-order valence-corrected chi connectivity index (χ0v) is 8.85. The van der Waals surface area contributed by atoms with Gasteiger partial charge in [0.2, 0.25) is 0 Å². The summed E-state index contributed by atoms with van der Waals surface area (Å²) in [4.78, 5) is 0. The van der Waals surface area contributed by atoms with Gasteiger partial charge in [-0.1, -0.05) is 24.4 Å². The van der Waals surface area contributed by atoms with Gasteiger partial charge in [0.25, 0.3) is 0 Å². The molecular formula is C11H15ClN2. The zero-order chi connectivity index (χ0) is 9.97. The van der Waals surface area contributed by atoms with Crippen molar-refractivity contribution in [3.05, 3.63) is 23.2 Å². The Bertz CT molecular complexity index is 319. The maximum atomic E-state index is 5.91. The van der Waals surface area contributed by atoms with Gasteiger partial charge in [0.15, 0.2) is 0 Å². The van der Waals surface area contributed by atoms with Crippen LogP contribution in [0.4, 0.5) is 11.4 Å². The fourth-order valence-corrected chi connectivity index (χ4v) is 2.12. The van der Waals surface area contributed by atoms with Crippen molar-refractivity contribution in [2.24, 2.45) is 0 Å². The largest absolute Gasteiger partial charge is 0.397 e. The number of anilines is 2. The Morgan fingerprint density at radius 1 is 1.29 bits per heavy atom. The lowest BCUT2D eigenvalue weighted by atomic mass is 10.2. The highest BCUT2D eigenvalue weighted by atomic mass is 35.5. The van der Waals surface area contributed by atoms with Gasteiger partial charge in [-0.2, -0.15) is 0 Å². The van der Waals surface area contributed by atoms with Crippen LogP contribution in [-0.2, 0) is 0 Å². The topological polar surface area (TPSA) is 38.0 Å². The van der Waals surface area contributed by atoms with E-state index in [0.717, 1.165) is 16.4 Å². The summed E-state index contributed by atoms with van der Waals surface area (Å²) in [6.45, 7) is 0. The van der Waals surface area contributed by atoms with Crippen molar-refractivity contribution >= 4 is 23.0 Å². The number of halogens is 1. The zero-order valence-electron chi connectivity index (χ0n) is 8.09. The lowest BCUT2D eigenvalue weighted by molar-refractivity contribution is 0.756. The molecule has 0 amide bonds. The van der Waals surface area contributed by atoms with Crippen molar-refractivity contribution < 1.29 is 0 Å². The average Bonchev–Trinajstić information content (AvgIpc) is 2.64. The summed E-state index contributed by atoms with van der Waals surface area (Å²) in [6.07, 6.45) is 5.12. The standard InChI is InChI=1S/C11H15ClN2/c12-8-5-6-10(13)11(7-8)14-9-3-1-2-4-9/h5-7,9,14H,1-4,13H2. The summed E-state index contributed by atoms with van der Waals surface area (Å²) >= 11 is 5.91. The second kappa shape index (κ2) is 4.09. The lowest BCUT2D eigenvalue weighted by Crippen LogP contribution is -2.15. The molecule has 0 aromatic heterocycles. The van der Waals surface area contributed by atoms with Crippen LogP contribution >= 0.6 is 11.6 Å². The molecule has 0 aliphatic heterocycles. The highest BCUT2D eigenvalue weighted by Crippen LogP contribution is 2.27. The van der Waals surface area contributed by atoms with Crippen LogP contribution in [0.25, 0.3) is 0 Å². The van der Waals surface area contributed by atoms with E-state index in [-0.39, 0.29) is 0 Å². The number of hydrogen-bond donors (Lipinski definition) is 2. The van der Waals surface area contributed by atoms with Crippen LogP contribution in [0.1, 0.15) is 25.7 Å². The number of nitrogens with one attached hydrogen (secondary N) is 1. The molecule has 0 radical (unpaired) electrons. The van der Waals surface area contributed by atoms with Crippen LogP contribution in [0.3, 0.4) is 0 Å². The van der Waals surface area contributed by atoms with E-state index in [2.05, 4.69) is 5.32 Å². The van der Waals surface area contributed by atoms with Crippen LogP contribution in [0.5, 0.6) is 0 Å². The first kappa shape index (κ1) is 9.66. The summed E-state index contributed by atoms with van der Waals surface area (Å²) in [6, 6.07) is 6.14. The van der Waals surface area contributed by atoms with Gasteiger partial charge in [0.05, 0.1) is 11.4 Å². The molecule has 0 spiro atoms. The van der Waals surface area contributed by atoms with E-state index >= 15 is 0 Å². The highest BCUT2D eigenvalue weighted by molar-refractivity contribution is 6.31. The van der Waals surface area contributed by atoms with Crippen molar-refractivity contribution in [3.8, 4) is 0 Å². The van der Waals surface area contributed by atoms with E-state index in [4.69, 9.17) is 17.3 Å². The SMILES string of the molecule is Nc1ccc(Cl)cc1NC1CCCC1. The number of hydrogen-bond acceptors (Lipinski definition) is 2. The predicted molar refractivity (Wildman–Crippen MR) is 61.7 cm³/mol. The molecule has 0 unspecified atom stereocenters. The molecule has 0 atom stereocenters. The first-order valence-electron chi connectivity index (χ1n) is 5.07. The Hall–Kier alpha value is -0.890. The van der Waals surface area contributed by atoms with Gasteiger partial charge in [-0.3, -0.25) is 0 Å². The van der Waals surface area contributed by atoms with Gasteiger partial charge in [0, 0.05) is 11.1 Å². The first-order valence-corrected chi connectivity index (χ1v) is 5.45. The normalized spacial score (nSPS) is 17.2. The molecule has 1 aliphatic rings. The third-order valence-electron chi connectivity index (χ3n) is 2.73. The molecule has 0 heterocycles. The molecule has 1 fully saturated rings. The average molecular weight is 211 g/mol. The number of nitrogens with two attached hydrogens (primary N) is 1. The van der Waals surface area contributed by atoms with Crippen LogP contribution in [0.2, 0.25) is 5.02 Å². The molecule has 2 rings (SSSR count). The van der Waals surface area contributed by atoms with Crippen molar-refractivity contribution in [2.45, 2.75) is 31.7 Å². The second-order valence-corrected chi connectivity index (χ2v) is 4.29. The van der Waals surface area contributed by atoms with E-state index in [1.165, 1.54) is 25.7 Å². The predicted octanol–water partition coefficient (Wildman–Crippen LogP) is 3.28. The fourth-order valence-electron chi connectivity index (χ4n) is 1.94. The minimum absolute atomic E-state index is 0.579. The summed E-state index contributed by atoms with van der Waals surface area (Å²) in [5.74, 6) is 0. The van der Waals surface area contributed by atoms with Gasteiger partial charge in [-0.05, 0) is 31.0 Å². The van der Waals surface area contributed by atoms with E-state index in [1.807, 2.05) is 18.2 Å². The molecule has 14 heavy (non-hydrogen) atoms. The Morgan fingerprint density at radius 3 is 2.71 bits per heavy atom. The quantitative estimate of drug-likeness (QED) is 0.736. The summed E-state index contributed by atoms with van der Waals surface area (Å²) in [7, 11) is 0. The molecule has 1 saturated carbocycles. The Balaban J connectivity index is 2.10. The second-order valence-electron chi connectivity index (χ2n) is 3.86. The van der Waals surface area contributed by atoms with Gasteiger partial charge in [-0.15, -0.1) is 0 Å². The molecule has 3 N–H and O–H groups in total. The minimum Gasteiger partial charge on any atom is -0.397 e. The van der Waals surface area contributed by atoms with Crippen LogP contribution in [-0.4, -0.2) is 6.04 Å². The van der Waals surface area contributed by atoms with Crippen molar-refractivity contribution in [2.75, 3.05) is 11.1 Å². The lowest BCUT2D eigenvalue weighted by Gasteiger charge is -2.15. The first-order chi connectivity index (χ1) is 6.75. The Kier molecular flexibility index (Phi) is 2.82. The summed E-state index contributed by atoms with van der Waals surface area (Å²) in [5, 5.41) is 4.18. The smallest absolute Gasteiger partial charge is 0.0590 e. The fraction of sp³-hybridized carbons (Fsp3) is 0.455. The van der Waals surface area contributed by atoms with E-state index in [9.17, 15) is 0 Å². The number of benzene rings is 1. The molecule has 3 heteroatoms. The molecule has 1 aromatic rings. The molecule has 0 saturated heterocycles. The summed E-state index contributed by atoms with van der Waals surface area (Å²) < 4.78 is 0. The molecular weight excluding hydrogens is 196 g/mol. The van der Waals surface area contributed by atoms with Crippen LogP contribution < -0.4 is 11.1 Å². The maximum Gasteiger partial charge on any atom is 0.0590 e. The highest BCUT2D eigenvalue weighted by Gasteiger charge is 2.15. The molecule has 0 bridgehead atoms. The van der Waals surface area contributed by atoms with E-state index in [0.29, 0.717) is 6.04 Å². The Morgan fingerprint density at radius 2 is 2.00 bits per heavy atom. The molecule has 76 valence electrons. The maximum absolute atomic E-state index is 5.91. The van der Waals surface area contributed by atoms with Crippen molar-refractivity contribution in [1.82, 2.24) is 0 Å². The van der Waals surface area contributed by atoms with Gasteiger partial charge in [0.1, 0.15) is 0 Å². The van der Waals surface area contributed by atoms with E-state index in [1.54, 1.807) is 0 Å². The molecule has 2 nitrogen and oxygen atoms in total. The van der Waals surface area contributed by atoms with E-state index < -0.39 is 0 Å². The molecule has 1 aliphatic carbocycles. The van der Waals surface area contributed by atoms with Crippen LogP contribution in [0.15, 0.2) is 18.2 Å². The summed E-state index contributed by atoms with van der Waals surface area (Å²) in [5.41, 5.74) is 7.60. The van der Waals surface area contributed by atoms with Crippen molar-refractivity contribution in [3.63, 3.8) is 0 Å². The van der Waals surface area contributed by atoms with Crippen molar-refractivity contribution in [1.29, 1.82) is 0 Å². The Labute approximate surface area is 89.4 Å². The van der Waals surface area contributed by atoms with Gasteiger partial charge in [-0.25, -0.2) is 0 Å². The monoisotopic (exact) mass is 210 g/mol. The number of nitrogen functional groups attached to an aromatic ring is 1. The third-order valence-corrected chi connectivity index (χ3v) is 2.97.